The van der Waals surface area contributed by atoms with Gasteiger partial charge in [-0.15, -0.1) is 0 Å². The Labute approximate surface area is 193 Å². The number of hydrogen-bond acceptors (Lipinski definition) is 5. The summed E-state index contributed by atoms with van der Waals surface area (Å²) in [6, 6.07) is 22.3. The quantitative estimate of drug-likeness (QED) is 0.370. The van der Waals surface area contributed by atoms with E-state index < -0.39 is 12.0 Å². The minimum absolute atomic E-state index is 0.0816. The van der Waals surface area contributed by atoms with Crippen molar-refractivity contribution in [2.75, 3.05) is 6.61 Å². The van der Waals surface area contributed by atoms with Gasteiger partial charge in [0.2, 0.25) is 0 Å². The van der Waals surface area contributed by atoms with Gasteiger partial charge in [0.1, 0.15) is 18.4 Å². The van der Waals surface area contributed by atoms with Crippen LogP contribution >= 0.6 is 0 Å². The summed E-state index contributed by atoms with van der Waals surface area (Å²) in [5.41, 5.74) is 2.44. The fraction of sp³-hybridized carbons (Fsp3) is 0.222. The first-order valence-electron chi connectivity index (χ1n) is 10.8. The van der Waals surface area contributed by atoms with Crippen LogP contribution in [0.25, 0.3) is 0 Å². The Morgan fingerprint density at radius 1 is 0.879 bits per heavy atom. The summed E-state index contributed by atoms with van der Waals surface area (Å²) < 4.78 is 11.2. The average molecular weight is 446 g/mol. The van der Waals surface area contributed by atoms with E-state index in [2.05, 4.69) is 5.32 Å². The van der Waals surface area contributed by atoms with E-state index in [0.717, 1.165) is 5.56 Å². The van der Waals surface area contributed by atoms with Gasteiger partial charge in [0.05, 0.1) is 6.61 Å². The van der Waals surface area contributed by atoms with E-state index in [-0.39, 0.29) is 24.7 Å². The molecule has 1 N–H and O–H groups in total. The number of ether oxygens (including phenoxy) is 2. The Morgan fingerprint density at radius 2 is 1.55 bits per heavy atom. The van der Waals surface area contributed by atoms with Crippen LogP contribution in [0, 0.1) is 0 Å². The highest BCUT2D eigenvalue weighted by molar-refractivity contribution is 5.97. The molecule has 0 aliphatic rings. The molecule has 1 atom stereocenters. The number of hydrogen-bond donors (Lipinski definition) is 1. The van der Waals surface area contributed by atoms with Gasteiger partial charge in [-0.05, 0) is 49.7 Å². The van der Waals surface area contributed by atoms with Gasteiger partial charge < -0.3 is 14.8 Å². The summed E-state index contributed by atoms with van der Waals surface area (Å²) in [7, 11) is 0. The van der Waals surface area contributed by atoms with Crippen molar-refractivity contribution in [1.82, 2.24) is 5.32 Å². The molecule has 3 aromatic carbocycles. The Balaban J connectivity index is 1.77. The molecule has 1 amide bonds. The first kappa shape index (κ1) is 23.7. The second kappa shape index (κ2) is 11.6. The number of amides is 1. The van der Waals surface area contributed by atoms with E-state index in [1.807, 2.05) is 43.3 Å². The van der Waals surface area contributed by atoms with Crippen molar-refractivity contribution in [3.05, 3.63) is 101 Å². The number of carbonyl (C=O) groups is 3. The highest BCUT2D eigenvalue weighted by Gasteiger charge is 2.24. The standard InChI is InChI=1S/C27H27NO5/c1-3-32-25-15-14-22(19(2)29)17-23(25)18-33-27(31)24(16-20-10-6-4-7-11-20)28-26(30)21-12-8-5-9-13-21/h4-15,17,24H,3,16,18H2,1-2H3,(H,28,30). The van der Waals surface area contributed by atoms with E-state index in [4.69, 9.17) is 9.47 Å². The molecule has 0 aromatic heterocycles. The van der Waals surface area contributed by atoms with E-state index in [1.165, 1.54) is 6.92 Å². The number of nitrogens with one attached hydrogen (secondary N) is 1. The Hall–Kier alpha value is -3.93. The van der Waals surface area contributed by atoms with Crippen molar-refractivity contribution < 1.29 is 23.9 Å². The molecule has 0 aliphatic heterocycles. The molecule has 0 heterocycles. The van der Waals surface area contributed by atoms with Gasteiger partial charge in [0, 0.05) is 23.1 Å². The van der Waals surface area contributed by atoms with Gasteiger partial charge in [-0.3, -0.25) is 9.59 Å². The molecular formula is C27H27NO5. The second-order valence-electron chi connectivity index (χ2n) is 7.50. The maximum atomic E-state index is 13.0. The van der Waals surface area contributed by atoms with Crippen LogP contribution < -0.4 is 10.1 Å². The zero-order valence-corrected chi connectivity index (χ0v) is 18.7. The van der Waals surface area contributed by atoms with Crippen LogP contribution in [0.3, 0.4) is 0 Å². The van der Waals surface area contributed by atoms with E-state index in [1.54, 1.807) is 42.5 Å². The normalized spacial score (nSPS) is 11.3. The molecule has 3 aromatic rings. The Kier molecular flexibility index (Phi) is 8.36. The van der Waals surface area contributed by atoms with Crippen LogP contribution in [0.4, 0.5) is 0 Å². The van der Waals surface area contributed by atoms with Gasteiger partial charge in [-0.1, -0.05) is 48.5 Å². The fourth-order valence-electron chi connectivity index (χ4n) is 3.33. The molecule has 0 bridgehead atoms. The highest BCUT2D eigenvalue weighted by atomic mass is 16.5. The van der Waals surface area contributed by atoms with Crippen LogP contribution in [-0.2, 0) is 22.6 Å². The molecule has 0 spiro atoms. The zero-order chi connectivity index (χ0) is 23.6. The lowest BCUT2D eigenvalue weighted by Crippen LogP contribution is -2.43. The number of carbonyl (C=O) groups excluding carboxylic acids is 3. The van der Waals surface area contributed by atoms with Gasteiger partial charge >= 0.3 is 5.97 Å². The number of esters is 1. The van der Waals surface area contributed by atoms with E-state index in [9.17, 15) is 14.4 Å². The largest absolute Gasteiger partial charge is 0.493 e. The summed E-state index contributed by atoms with van der Waals surface area (Å²) >= 11 is 0. The average Bonchev–Trinajstić information content (AvgIpc) is 2.84. The van der Waals surface area contributed by atoms with Gasteiger partial charge in [0.15, 0.2) is 5.78 Å². The molecule has 0 saturated carbocycles. The van der Waals surface area contributed by atoms with E-state index >= 15 is 0 Å². The second-order valence-corrected chi connectivity index (χ2v) is 7.50. The lowest BCUT2D eigenvalue weighted by atomic mass is 10.1. The molecule has 6 nitrogen and oxygen atoms in total. The maximum Gasteiger partial charge on any atom is 0.329 e. The highest BCUT2D eigenvalue weighted by Crippen LogP contribution is 2.22. The van der Waals surface area contributed by atoms with E-state index in [0.29, 0.717) is 29.0 Å². The summed E-state index contributed by atoms with van der Waals surface area (Å²) in [4.78, 5) is 37.5. The van der Waals surface area contributed by atoms with Crippen LogP contribution in [0.5, 0.6) is 5.75 Å². The number of ketones is 1. The minimum Gasteiger partial charge on any atom is -0.493 e. The third-order valence-electron chi connectivity index (χ3n) is 5.05. The molecule has 0 saturated heterocycles. The lowest BCUT2D eigenvalue weighted by Gasteiger charge is -2.19. The van der Waals surface area contributed by atoms with Crippen molar-refractivity contribution in [3.63, 3.8) is 0 Å². The fourth-order valence-corrected chi connectivity index (χ4v) is 3.33. The van der Waals surface area contributed by atoms with Crippen LogP contribution in [0.2, 0.25) is 0 Å². The molecule has 170 valence electrons. The molecule has 0 fully saturated rings. The Morgan fingerprint density at radius 3 is 2.18 bits per heavy atom. The van der Waals surface area contributed by atoms with Crippen LogP contribution in [-0.4, -0.2) is 30.3 Å². The van der Waals surface area contributed by atoms with Gasteiger partial charge in [-0.25, -0.2) is 4.79 Å². The lowest BCUT2D eigenvalue weighted by molar-refractivity contribution is -0.147. The maximum absolute atomic E-state index is 13.0. The monoisotopic (exact) mass is 445 g/mol. The van der Waals surface area contributed by atoms with Gasteiger partial charge in [-0.2, -0.15) is 0 Å². The summed E-state index contributed by atoms with van der Waals surface area (Å²) in [6.45, 7) is 3.68. The van der Waals surface area contributed by atoms with Crippen LogP contribution in [0.1, 0.15) is 45.7 Å². The van der Waals surface area contributed by atoms with Crippen molar-refractivity contribution >= 4 is 17.7 Å². The molecule has 33 heavy (non-hydrogen) atoms. The summed E-state index contributed by atoms with van der Waals surface area (Å²) in [5.74, 6) is -0.480. The topological polar surface area (TPSA) is 81.7 Å². The first-order valence-corrected chi connectivity index (χ1v) is 10.8. The molecule has 3 rings (SSSR count). The van der Waals surface area contributed by atoms with Crippen molar-refractivity contribution in [2.45, 2.75) is 32.9 Å². The van der Waals surface area contributed by atoms with Crippen LogP contribution in [0.15, 0.2) is 78.9 Å². The number of Topliss-reactive ketones (excluding diaryl/α,β-unsaturated/α-hetero) is 1. The molecule has 1 unspecified atom stereocenters. The minimum atomic E-state index is -0.883. The predicted octanol–water partition coefficient (Wildman–Crippen LogP) is 4.37. The molecule has 6 heteroatoms. The summed E-state index contributed by atoms with van der Waals surface area (Å²) in [5, 5.41) is 2.79. The van der Waals surface area contributed by atoms with Crippen molar-refractivity contribution in [1.29, 1.82) is 0 Å². The van der Waals surface area contributed by atoms with Crippen molar-refractivity contribution in [3.8, 4) is 5.75 Å². The van der Waals surface area contributed by atoms with Crippen molar-refractivity contribution in [2.24, 2.45) is 0 Å². The Bertz CT molecular complexity index is 1100. The first-order chi connectivity index (χ1) is 16.0. The zero-order valence-electron chi connectivity index (χ0n) is 18.7. The smallest absolute Gasteiger partial charge is 0.329 e. The molecule has 0 radical (unpaired) electrons. The predicted molar refractivity (Wildman–Crippen MR) is 125 cm³/mol. The summed E-state index contributed by atoms with van der Waals surface area (Å²) in [6.07, 6.45) is 0.282. The molecule has 0 aliphatic carbocycles. The van der Waals surface area contributed by atoms with Gasteiger partial charge in [0.25, 0.3) is 5.91 Å². The number of benzene rings is 3. The SMILES string of the molecule is CCOc1ccc(C(C)=O)cc1COC(=O)C(Cc1ccccc1)NC(=O)c1ccccc1. The third kappa shape index (κ3) is 6.77. The molecular weight excluding hydrogens is 418 g/mol. The third-order valence-corrected chi connectivity index (χ3v) is 5.05. The number of rotatable bonds is 10.